The molecule has 1 fully saturated rings. The van der Waals surface area contributed by atoms with Crippen molar-refractivity contribution in [2.45, 2.75) is 38.5 Å². The fourth-order valence-electron chi connectivity index (χ4n) is 4.32. The standard InChI is InChI=1S/C22H26N3O4P/c1-2-29-22-20-4-3-13-25(21(20)23-15-24-22)19-11-9-18(10-12-19)17-7-5-16(6-8-17)14-30(26,27)28/h4,9-13,15-17H,2,5-8,14H2,1H3,(H2,26,27,28). The lowest BCUT2D eigenvalue weighted by Gasteiger charge is -2.29. The van der Waals surface area contributed by atoms with Crippen LogP contribution in [0.15, 0.2) is 42.5 Å². The highest BCUT2D eigenvalue weighted by atomic mass is 31.2. The molecule has 0 spiro atoms. The van der Waals surface area contributed by atoms with Crippen LogP contribution in [0.3, 0.4) is 0 Å². The quantitative estimate of drug-likeness (QED) is 0.514. The molecule has 0 bridgehead atoms. The molecule has 1 aliphatic carbocycles. The molecule has 0 radical (unpaired) electrons. The van der Waals surface area contributed by atoms with Crippen LogP contribution in [-0.4, -0.2) is 32.5 Å². The monoisotopic (exact) mass is 427 g/mol. The van der Waals surface area contributed by atoms with Gasteiger partial charge in [0.25, 0.3) is 0 Å². The Morgan fingerprint density at radius 3 is 2.57 bits per heavy atom. The summed E-state index contributed by atoms with van der Waals surface area (Å²) < 4.78 is 16.9. The molecule has 2 heterocycles. The Morgan fingerprint density at radius 1 is 1.17 bits per heavy atom. The Kier molecular flexibility index (Phi) is 6.07. The van der Waals surface area contributed by atoms with Crippen LogP contribution in [0.5, 0.6) is 5.88 Å². The molecule has 2 N–H and O–H groups in total. The molecule has 1 aromatic carbocycles. The molecule has 4 rings (SSSR count). The van der Waals surface area contributed by atoms with Crippen molar-refractivity contribution in [2.24, 2.45) is 5.92 Å². The molecular weight excluding hydrogens is 401 g/mol. The maximum atomic E-state index is 11.2. The molecule has 0 amide bonds. The summed E-state index contributed by atoms with van der Waals surface area (Å²) >= 11 is 0. The summed E-state index contributed by atoms with van der Waals surface area (Å²) in [6.07, 6.45) is 8.86. The van der Waals surface area contributed by atoms with Gasteiger partial charge in [0.2, 0.25) is 5.88 Å². The molecule has 1 aliphatic heterocycles. The van der Waals surface area contributed by atoms with Gasteiger partial charge in [-0.15, -0.1) is 5.73 Å². The van der Waals surface area contributed by atoms with E-state index in [9.17, 15) is 14.4 Å². The van der Waals surface area contributed by atoms with Crippen LogP contribution in [0.25, 0.3) is 6.08 Å². The van der Waals surface area contributed by atoms with E-state index in [4.69, 9.17) is 4.74 Å². The van der Waals surface area contributed by atoms with E-state index < -0.39 is 7.60 Å². The second kappa shape index (κ2) is 8.75. The number of fused-ring (bicyclic) bond motifs is 1. The highest BCUT2D eigenvalue weighted by Gasteiger charge is 2.28. The minimum absolute atomic E-state index is 0.0124. The number of benzene rings is 1. The normalized spacial score (nSPS) is 20.8. The van der Waals surface area contributed by atoms with Crippen LogP contribution in [0.4, 0.5) is 11.5 Å². The third-order valence-corrected chi connectivity index (χ3v) is 6.74. The van der Waals surface area contributed by atoms with Gasteiger partial charge in [-0.05, 0) is 68.2 Å². The molecule has 30 heavy (non-hydrogen) atoms. The first-order valence-electron chi connectivity index (χ1n) is 10.3. The van der Waals surface area contributed by atoms with Crippen molar-refractivity contribution >= 4 is 25.2 Å². The second-order valence-corrected chi connectivity index (χ2v) is 9.51. The van der Waals surface area contributed by atoms with E-state index >= 15 is 0 Å². The van der Waals surface area contributed by atoms with Gasteiger partial charge in [-0.1, -0.05) is 12.1 Å². The predicted molar refractivity (Wildman–Crippen MR) is 116 cm³/mol. The SMILES string of the molecule is CCOc1ncnc2c1C=C=CN2c1ccc(C2CCC(CP(=O)(O)O)CC2)cc1. The van der Waals surface area contributed by atoms with Gasteiger partial charge in [0.15, 0.2) is 5.82 Å². The third-order valence-electron chi connectivity index (χ3n) is 5.75. The first-order valence-corrected chi connectivity index (χ1v) is 12.1. The van der Waals surface area contributed by atoms with Crippen LogP contribution >= 0.6 is 7.60 Å². The molecular formula is C22H26N3O4P. The number of hydrogen-bond acceptors (Lipinski definition) is 5. The van der Waals surface area contributed by atoms with Crippen LogP contribution in [-0.2, 0) is 4.57 Å². The summed E-state index contributed by atoms with van der Waals surface area (Å²) in [5.41, 5.74) is 6.21. The highest BCUT2D eigenvalue weighted by molar-refractivity contribution is 7.51. The van der Waals surface area contributed by atoms with Crippen molar-refractivity contribution in [1.29, 1.82) is 0 Å². The van der Waals surface area contributed by atoms with Gasteiger partial charge in [0.05, 0.1) is 24.5 Å². The molecule has 158 valence electrons. The van der Waals surface area contributed by atoms with E-state index in [1.165, 1.54) is 11.9 Å². The van der Waals surface area contributed by atoms with Crippen molar-refractivity contribution in [3.63, 3.8) is 0 Å². The average Bonchev–Trinajstić information content (AvgIpc) is 2.73. The number of rotatable bonds is 6. The van der Waals surface area contributed by atoms with Crippen molar-refractivity contribution < 1.29 is 19.1 Å². The maximum Gasteiger partial charge on any atom is 0.325 e. The van der Waals surface area contributed by atoms with E-state index in [0.717, 1.165) is 42.8 Å². The lowest BCUT2D eigenvalue weighted by atomic mass is 9.79. The van der Waals surface area contributed by atoms with Crippen LogP contribution < -0.4 is 9.64 Å². The predicted octanol–water partition coefficient (Wildman–Crippen LogP) is 4.60. The Bertz CT molecular complexity index is 1000. The van der Waals surface area contributed by atoms with Gasteiger partial charge < -0.3 is 14.5 Å². The van der Waals surface area contributed by atoms with Crippen LogP contribution in [0, 0.1) is 5.92 Å². The summed E-state index contributed by atoms with van der Waals surface area (Å²) in [7, 11) is -3.92. The zero-order valence-electron chi connectivity index (χ0n) is 16.9. The molecule has 8 heteroatoms. The smallest absolute Gasteiger partial charge is 0.325 e. The highest BCUT2D eigenvalue weighted by Crippen LogP contribution is 2.44. The Morgan fingerprint density at radius 2 is 1.90 bits per heavy atom. The van der Waals surface area contributed by atoms with Crippen molar-refractivity contribution in [2.75, 3.05) is 17.7 Å². The Labute approximate surface area is 176 Å². The summed E-state index contributed by atoms with van der Waals surface area (Å²) in [5, 5.41) is 0. The zero-order chi connectivity index (χ0) is 21.1. The minimum atomic E-state index is -3.92. The maximum absolute atomic E-state index is 11.2. The van der Waals surface area contributed by atoms with Crippen molar-refractivity contribution in [3.05, 3.63) is 53.7 Å². The number of aromatic nitrogens is 2. The molecule has 0 atom stereocenters. The minimum Gasteiger partial charge on any atom is -0.477 e. The summed E-state index contributed by atoms with van der Waals surface area (Å²) in [5.74, 6) is 1.88. The van der Waals surface area contributed by atoms with Crippen LogP contribution in [0.1, 0.15) is 49.7 Å². The first-order chi connectivity index (χ1) is 14.4. The van der Waals surface area contributed by atoms with E-state index in [-0.39, 0.29) is 12.1 Å². The number of ether oxygens (including phenoxy) is 1. The zero-order valence-corrected chi connectivity index (χ0v) is 17.8. The van der Waals surface area contributed by atoms with Gasteiger partial charge in [0.1, 0.15) is 6.33 Å². The largest absolute Gasteiger partial charge is 0.477 e. The van der Waals surface area contributed by atoms with Crippen molar-refractivity contribution in [3.8, 4) is 5.88 Å². The number of nitrogens with zero attached hydrogens (tertiary/aromatic N) is 3. The van der Waals surface area contributed by atoms with Gasteiger partial charge in [-0.25, -0.2) is 9.97 Å². The molecule has 0 unspecified atom stereocenters. The fraction of sp³-hybridized carbons (Fsp3) is 0.409. The number of hydrogen-bond donors (Lipinski definition) is 2. The molecule has 7 nitrogen and oxygen atoms in total. The van der Waals surface area contributed by atoms with E-state index in [0.29, 0.717) is 18.4 Å². The first kappa shape index (κ1) is 20.8. The Balaban J connectivity index is 1.47. The average molecular weight is 427 g/mol. The van der Waals surface area contributed by atoms with E-state index in [1.807, 2.05) is 24.1 Å². The third kappa shape index (κ3) is 4.66. The molecule has 2 aliphatic rings. The Hall–Kier alpha value is -2.43. The van der Waals surface area contributed by atoms with E-state index in [1.54, 1.807) is 0 Å². The molecule has 2 aromatic rings. The molecule has 0 saturated heterocycles. The lowest BCUT2D eigenvalue weighted by molar-refractivity contribution is 0.316. The topological polar surface area (TPSA) is 95.8 Å². The summed E-state index contributed by atoms with van der Waals surface area (Å²) in [6, 6.07) is 8.43. The van der Waals surface area contributed by atoms with Crippen LogP contribution in [0.2, 0.25) is 0 Å². The van der Waals surface area contributed by atoms with Gasteiger partial charge >= 0.3 is 7.60 Å². The molecule has 1 saturated carbocycles. The summed E-state index contributed by atoms with van der Waals surface area (Å²) in [4.78, 5) is 29.0. The van der Waals surface area contributed by atoms with Gasteiger partial charge in [-0.2, -0.15) is 0 Å². The van der Waals surface area contributed by atoms with E-state index in [2.05, 4.69) is 40.0 Å². The second-order valence-electron chi connectivity index (χ2n) is 7.82. The lowest BCUT2D eigenvalue weighted by Crippen LogP contribution is -2.17. The number of anilines is 2. The summed E-state index contributed by atoms with van der Waals surface area (Å²) in [6.45, 7) is 2.46. The van der Waals surface area contributed by atoms with Gasteiger partial charge in [0, 0.05) is 5.69 Å². The van der Waals surface area contributed by atoms with Crippen molar-refractivity contribution in [1.82, 2.24) is 9.97 Å². The molecule has 1 aromatic heterocycles. The van der Waals surface area contributed by atoms with Gasteiger partial charge in [-0.3, -0.25) is 9.46 Å². The fourth-order valence-corrected chi connectivity index (χ4v) is 5.35.